The van der Waals surface area contributed by atoms with E-state index < -0.39 is 17.9 Å². The van der Waals surface area contributed by atoms with E-state index in [0.29, 0.717) is 5.56 Å². The third-order valence-electron chi connectivity index (χ3n) is 4.13. The molecule has 0 aliphatic carbocycles. The van der Waals surface area contributed by atoms with Gasteiger partial charge in [0.2, 0.25) is 0 Å². The number of ether oxygens (including phenoxy) is 1. The third-order valence-corrected chi connectivity index (χ3v) is 4.13. The number of carbonyl (C=O) groups excluding carboxylic acids is 1. The van der Waals surface area contributed by atoms with E-state index in [1.54, 1.807) is 12.1 Å². The Morgan fingerprint density at radius 2 is 2.24 bits per heavy atom. The quantitative estimate of drug-likeness (QED) is 0.858. The second-order valence-corrected chi connectivity index (χ2v) is 5.84. The molecule has 1 aliphatic rings. The summed E-state index contributed by atoms with van der Waals surface area (Å²) in [5, 5.41) is 17.0. The van der Waals surface area contributed by atoms with Gasteiger partial charge in [0.25, 0.3) is 5.91 Å². The van der Waals surface area contributed by atoms with Gasteiger partial charge in [0, 0.05) is 20.1 Å². The number of rotatable bonds is 5. The van der Waals surface area contributed by atoms with Crippen molar-refractivity contribution in [1.29, 1.82) is 0 Å². The van der Waals surface area contributed by atoms with Crippen molar-refractivity contribution in [3.05, 3.63) is 47.5 Å². The lowest BCUT2D eigenvalue weighted by molar-refractivity contribution is -0.141. The minimum absolute atomic E-state index is 0.0411. The number of aliphatic carboxylic acids is 1. The Bertz CT molecular complexity index is 794. The number of hydrogen-bond acceptors (Lipinski definition) is 5. The zero-order valence-corrected chi connectivity index (χ0v) is 13.5. The molecule has 1 aliphatic heterocycles. The number of nitrogens with zero attached hydrogens (tertiary/aromatic N) is 4. The van der Waals surface area contributed by atoms with E-state index in [1.807, 2.05) is 0 Å². The van der Waals surface area contributed by atoms with Gasteiger partial charge in [0.15, 0.2) is 5.69 Å². The molecular weight excluding hydrogens is 331 g/mol. The van der Waals surface area contributed by atoms with Crippen LogP contribution < -0.4 is 0 Å². The van der Waals surface area contributed by atoms with Crippen LogP contribution in [0.1, 0.15) is 22.5 Å². The maximum Gasteiger partial charge on any atom is 0.326 e. The lowest BCUT2D eigenvalue weighted by atomic mass is 10.2. The zero-order chi connectivity index (χ0) is 18.0. The van der Waals surface area contributed by atoms with E-state index in [-0.39, 0.29) is 37.1 Å². The fourth-order valence-electron chi connectivity index (χ4n) is 2.87. The molecule has 2 unspecified atom stereocenters. The smallest absolute Gasteiger partial charge is 0.326 e. The van der Waals surface area contributed by atoms with Gasteiger partial charge in [-0.1, -0.05) is 17.3 Å². The van der Waals surface area contributed by atoms with Gasteiger partial charge >= 0.3 is 5.97 Å². The molecule has 0 radical (unpaired) electrons. The lowest BCUT2D eigenvalue weighted by Gasteiger charge is -2.19. The second-order valence-electron chi connectivity index (χ2n) is 5.84. The van der Waals surface area contributed by atoms with Crippen LogP contribution in [0.3, 0.4) is 0 Å². The van der Waals surface area contributed by atoms with E-state index in [0.717, 1.165) is 0 Å². The summed E-state index contributed by atoms with van der Waals surface area (Å²) in [5.41, 5.74) is 0.715. The fraction of sp³-hybridized carbons (Fsp3) is 0.375. The molecule has 25 heavy (non-hydrogen) atoms. The van der Waals surface area contributed by atoms with E-state index in [4.69, 9.17) is 4.74 Å². The molecule has 0 bridgehead atoms. The molecule has 1 N–H and O–H groups in total. The SMILES string of the molecule is COC1CC(C(=O)O)N(C(=O)c2cn(Cc3cccc(F)c3)nn2)C1. The van der Waals surface area contributed by atoms with Crippen molar-refractivity contribution >= 4 is 11.9 Å². The molecule has 1 saturated heterocycles. The van der Waals surface area contributed by atoms with E-state index in [1.165, 1.54) is 35.0 Å². The summed E-state index contributed by atoms with van der Waals surface area (Å²) in [6.07, 6.45) is 1.33. The monoisotopic (exact) mass is 348 g/mol. The van der Waals surface area contributed by atoms with Crippen LogP contribution in [0, 0.1) is 5.82 Å². The lowest BCUT2D eigenvalue weighted by Crippen LogP contribution is -2.40. The Labute approximate surface area is 142 Å². The topological polar surface area (TPSA) is 97.6 Å². The third kappa shape index (κ3) is 3.66. The van der Waals surface area contributed by atoms with Crippen molar-refractivity contribution in [2.75, 3.05) is 13.7 Å². The summed E-state index contributed by atoms with van der Waals surface area (Å²) < 4.78 is 19.8. The number of halogens is 1. The molecule has 9 heteroatoms. The molecule has 2 atom stereocenters. The molecule has 0 saturated carbocycles. The van der Waals surface area contributed by atoms with E-state index in [9.17, 15) is 19.1 Å². The number of benzene rings is 1. The first-order valence-corrected chi connectivity index (χ1v) is 7.69. The molecule has 1 aromatic heterocycles. The summed E-state index contributed by atoms with van der Waals surface area (Å²) in [5.74, 6) is -1.96. The van der Waals surface area contributed by atoms with Crippen LogP contribution in [0.15, 0.2) is 30.5 Å². The van der Waals surface area contributed by atoms with Crippen LogP contribution in [0.4, 0.5) is 4.39 Å². The van der Waals surface area contributed by atoms with Crippen LogP contribution in [-0.4, -0.2) is 62.7 Å². The van der Waals surface area contributed by atoms with Gasteiger partial charge in [-0.2, -0.15) is 0 Å². The van der Waals surface area contributed by atoms with E-state index >= 15 is 0 Å². The van der Waals surface area contributed by atoms with Crippen molar-refractivity contribution in [3.8, 4) is 0 Å². The van der Waals surface area contributed by atoms with Crippen LogP contribution in [0.25, 0.3) is 0 Å². The Morgan fingerprint density at radius 3 is 2.92 bits per heavy atom. The minimum Gasteiger partial charge on any atom is -0.480 e. The summed E-state index contributed by atoms with van der Waals surface area (Å²) in [6.45, 7) is 0.435. The fourth-order valence-corrected chi connectivity index (χ4v) is 2.87. The maximum absolute atomic E-state index is 13.2. The molecule has 1 aromatic carbocycles. The van der Waals surface area contributed by atoms with Crippen molar-refractivity contribution in [1.82, 2.24) is 19.9 Å². The Morgan fingerprint density at radius 1 is 1.44 bits per heavy atom. The van der Waals surface area contributed by atoms with Gasteiger partial charge < -0.3 is 14.7 Å². The number of likely N-dealkylation sites (tertiary alicyclic amines) is 1. The van der Waals surface area contributed by atoms with Gasteiger partial charge in [0.05, 0.1) is 18.8 Å². The molecular formula is C16H17FN4O4. The molecule has 132 valence electrons. The van der Waals surface area contributed by atoms with Crippen molar-refractivity contribution < 1.29 is 23.8 Å². The van der Waals surface area contributed by atoms with E-state index in [2.05, 4.69) is 10.3 Å². The Kier molecular flexibility index (Phi) is 4.75. The number of amides is 1. The van der Waals surface area contributed by atoms with Crippen LogP contribution in [0.5, 0.6) is 0 Å². The molecule has 3 rings (SSSR count). The van der Waals surface area contributed by atoms with Gasteiger partial charge in [-0.15, -0.1) is 5.10 Å². The number of carbonyl (C=O) groups is 2. The van der Waals surface area contributed by atoms with Gasteiger partial charge in [-0.05, 0) is 17.7 Å². The minimum atomic E-state index is -1.08. The molecule has 1 fully saturated rings. The predicted molar refractivity (Wildman–Crippen MR) is 83.4 cm³/mol. The number of carboxylic acid groups (broad SMARTS) is 1. The number of aromatic nitrogens is 3. The number of hydrogen-bond donors (Lipinski definition) is 1. The Balaban J connectivity index is 1.75. The molecule has 2 heterocycles. The van der Waals surface area contributed by atoms with Crippen molar-refractivity contribution in [3.63, 3.8) is 0 Å². The normalized spacial score (nSPS) is 20.0. The van der Waals surface area contributed by atoms with Crippen LogP contribution in [0.2, 0.25) is 0 Å². The van der Waals surface area contributed by atoms with Gasteiger partial charge in [-0.3, -0.25) is 4.79 Å². The number of carboxylic acids is 1. The summed E-state index contributed by atoms with van der Waals surface area (Å²) in [4.78, 5) is 25.2. The average Bonchev–Trinajstić information content (AvgIpc) is 3.21. The standard InChI is InChI=1S/C16H17FN4O4/c1-25-12-6-14(16(23)24)21(8-12)15(22)13-9-20(19-18-13)7-10-3-2-4-11(17)5-10/h2-5,9,12,14H,6-8H2,1H3,(H,23,24). The molecule has 2 aromatic rings. The summed E-state index contributed by atoms with van der Waals surface area (Å²) >= 11 is 0. The zero-order valence-electron chi connectivity index (χ0n) is 13.5. The summed E-state index contributed by atoms with van der Waals surface area (Å²) in [7, 11) is 1.48. The first-order chi connectivity index (χ1) is 12.0. The molecule has 1 amide bonds. The van der Waals surface area contributed by atoms with Crippen LogP contribution in [-0.2, 0) is 16.1 Å². The highest BCUT2D eigenvalue weighted by atomic mass is 19.1. The molecule has 8 nitrogen and oxygen atoms in total. The number of methoxy groups -OCH3 is 1. The summed E-state index contributed by atoms with van der Waals surface area (Å²) in [6, 6.07) is 5.07. The highest BCUT2D eigenvalue weighted by molar-refractivity contribution is 5.95. The largest absolute Gasteiger partial charge is 0.480 e. The maximum atomic E-state index is 13.2. The molecule has 0 spiro atoms. The van der Waals surface area contributed by atoms with Gasteiger partial charge in [0.1, 0.15) is 11.9 Å². The second kappa shape index (κ2) is 6.98. The first-order valence-electron chi connectivity index (χ1n) is 7.69. The average molecular weight is 348 g/mol. The Hall–Kier alpha value is -2.81. The van der Waals surface area contributed by atoms with Gasteiger partial charge in [-0.25, -0.2) is 13.9 Å². The van der Waals surface area contributed by atoms with Crippen LogP contribution >= 0.6 is 0 Å². The van der Waals surface area contributed by atoms with Crippen molar-refractivity contribution in [2.24, 2.45) is 0 Å². The van der Waals surface area contributed by atoms with Crippen molar-refractivity contribution in [2.45, 2.75) is 25.1 Å². The highest BCUT2D eigenvalue weighted by Crippen LogP contribution is 2.22. The highest BCUT2D eigenvalue weighted by Gasteiger charge is 2.40. The predicted octanol–water partition coefficient (Wildman–Crippen LogP) is 0.780. The first kappa shape index (κ1) is 17.0.